The number of carbonyl (C=O) groups excluding carboxylic acids is 2. The number of rotatable bonds is 3. The molecule has 7 nitrogen and oxygen atoms in total. The quantitative estimate of drug-likeness (QED) is 0.725. The smallest absolute Gasteiger partial charge is 0.316 e. The molecule has 2 aromatic rings. The molecule has 0 spiro atoms. The minimum Gasteiger partial charge on any atom is -0.381 e. The van der Waals surface area contributed by atoms with Crippen LogP contribution in [0.15, 0.2) is 42.5 Å². The van der Waals surface area contributed by atoms with Gasteiger partial charge in [-0.3, -0.25) is 4.79 Å². The van der Waals surface area contributed by atoms with E-state index < -0.39 is 11.7 Å². The van der Waals surface area contributed by atoms with Crippen LogP contribution < -0.4 is 11.1 Å². The van der Waals surface area contributed by atoms with Gasteiger partial charge in [0.05, 0.1) is 11.6 Å². The Kier molecular flexibility index (Phi) is 8.01. The Labute approximate surface area is 193 Å². The van der Waals surface area contributed by atoms with Crippen molar-refractivity contribution in [2.75, 3.05) is 31.6 Å². The van der Waals surface area contributed by atoms with Gasteiger partial charge < -0.3 is 20.7 Å². The minimum absolute atomic E-state index is 0.183. The van der Waals surface area contributed by atoms with Gasteiger partial charge in [0.1, 0.15) is 5.67 Å². The Balaban J connectivity index is 0.000000541. The van der Waals surface area contributed by atoms with Gasteiger partial charge in [0, 0.05) is 50.4 Å². The van der Waals surface area contributed by atoms with Gasteiger partial charge in [-0.15, -0.1) is 0 Å². The summed E-state index contributed by atoms with van der Waals surface area (Å²) in [4.78, 5) is 25.5. The highest BCUT2D eigenvalue weighted by Crippen LogP contribution is 2.37. The molecule has 4 rings (SSSR count). The topological polar surface area (TPSA) is 108 Å². The summed E-state index contributed by atoms with van der Waals surface area (Å²) in [5.41, 5.74) is 6.34. The lowest BCUT2D eigenvalue weighted by Crippen LogP contribution is -2.43. The van der Waals surface area contributed by atoms with Crippen LogP contribution >= 0.6 is 0 Å². The van der Waals surface area contributed by atoms with Gasteiger partial charge in [-0.05, 0) is 55.2 Å². The normalized spacial score (nSPS) is 16.8. The van der Waals surface area contributed by atoms with Gasteiger partial charge in [0.15, 0.2) is 0 Å². The SMILES string of the molecule is C1CCOC1.Cc1ccc(C(=O)N2CCC(F)(c3ccc(C#N)cc3)CC2)cc1NC(N)=O. The molecule has 2 fully saturated rings. The number of aryl methyl sites for hydroxylation is 1. The zero-order valence-electron chi connectivity index (χ0n) is 18.8. The fourth-order valence-corrected chi connectivity index (χ4v) is 3.91. The zero-order valence-corrected chi connectivity index (χ0v) is 18.8. The van der Waals surface area contributed by atoms with Crippen molar-refractivity contribution < 1.29 is 18.7 Å². The number of piperidine rings is 1. The number of nitrogens with zero attached hydrogens (tertiary/aromatic N) is 2. The molecule has 0 bridgehead atoms. The third-order valence-electron chi connectivity index (χ3n) is 5.94. The fourth-order valence-electron chi connectivity index (χ4n) is 3.91. The fraction of sp³-hybridized carbons (Fsp3) is 0.400. The molecule has 33 heavy (non-hydrogen) atoms. The van der Waals surface area contributed by atoms with Crippen LogP contribution in [0.3, 0.4) is 0 Å². The van der Waals surface area contributed by atoms with E-state index in [0.29, 0.717) is 22.4 Å². The van der Waals surface area contributed by atoms with Crippen LogP contribution in [0, 0.1) is 18.3 Å². The lowest BCUT2D eigenvalue weighted by molar-refractivity contribution is 0.0421. The van der Waals surface area contributed by atoms with Gasteiger partial charge in [0.2, 0.25) is 0 Å². The average Bonchev–Trinajstić information content (AvgIpc) is 3.41. The highest BCUT2D eigenvalue weighted by molar-refractivity contribution is 5.97. The first-order valence-electron chi connectivity index (χ1n) is 11.1. The van der Waals surface area contributed by atoms with E-state index >= 15 is 4.39 Å². The van der Waals surface area contributed by atoms with Crippen LogP contribution in [0.5, 0.6) is 0 Å². The molecule has 0 aliphatic carbocycles. The summed E-state index contributed by atoms with van der Waals surface area (Å²) in [5.74, 6) is -0.214. The standard InChI is InChI=1S/C21H21FN4O2.C4H8O/c1-14-2-5-16(12-18(14)25-20(24)28)19(27)26-10-8-21(22,9-11-26)17-6-3-15(13-23)4-7-17;1-2-4-5-3-1/h2-7,12H,8-11H2,1H3,(H3,24,25,28);1-4H2. The molecule has 0 aromatic heterocycles. The number of urea groups is 1. The number of anilines is 1. The van der Waals surface area contributed by atoms with Crippen molar-refractivity contribution in [3.05, 3.63) is 64.7 Å². The first-order valence-corrected chi connectivity index (χ1v) is 11.1. The Morgan fingerprint density at radius 3 is 2.27 bits per heavy atom. The van der Waals surface area contributed by atoms with Gasteiger partial charge >= 0.3 is 6.03 Å². The number of carbonyl (C=O) groups is 2. The van der Waals surface area contributed by atoms with E-state index in [0.717, 1.165) is 18.8 Å². The number of benzene rings is 2. The number of ether oxygens (including phenoxy) is 1. The maximum Gasteiger partial charge on any atom is 0.316 e. The lowest BCUT2D eigenvalue weighted by atomic mass is 9.85. The maximum atomic E-state index is 15.4. The number of halogens is 1. The van der Waals surface area contributed by atoms with E-state index in [9.17, 15) is 9.59 Å². The van der Waals surface area contributed by atoms with Gasteiger partial charge in [-0.1, -0.05) is 18.2 Å². The summed E-state index contributed by atoms with van der Waals surface area (Å²) >= 11 is 0. The van der Waals surface area contributed by atoms with Crippen molar-refractivity contribution in [3.8, 4) is 6.07 Å². The summed E-state index contributed by atoms with van der Waals surface area (Å²) in [6.45, 7) is 4.36. The zero-order chi connectivity index (χ0) is 23.8. The van der Waals surface area contributed by atoms with Crippen LogP contribution in [-0.2, 0) is 10.4 Å². The highest BCUT2D eigenvalue weighted by Gasteiger charge is 2.37. The molecular weight excluding hydrogens is 423 g/mol. The lowest BCUT2D eigenvalue weighted by Gasteiger charge is -2.36. The van der Waals surface area contributed by atoms with Crippen LogP contribution in [-0.4, -0.2) is 43.1 Å². The Hall–Kier alpha value is -3.44. The number of hydrogen-bond donors (Lipinski definition) is 2. The number of nitrogens with two attached hydrogens (primary N) is 1. The van der Waals surface area contributed by atoms with Crippen LogP contribution in [0.25, 0.3) is 0 Å². The number of nitriles is 1. The Bertz CT molecular complexity index is 1010. The number of likely N-dealkylation sites (tertiary alicyclic amines) is 1. The monoisotopic (exact) mass is 452 g/mol. The summed E-state index contributed by atoms with van der Waals surface area (Å²) in [5, 5.41) is 11.4. The van der Waals surface area contributed by atoms with Gasteiger partial charge in [0.25, 0.3) is 5.91 Å². The second-order valence-electron chi connectivity index (χ2n) is 8.29. The molecule has 2 aliphatic heterocycles. The number of amides is 3. The van der Waals surface area contributed by atoms with Crippen LogP contribution in [0.4, 0.5) is 14.9 Å². The molecule has 2 aromatic carbocycles. The second kappa shape index (κ2) is 10.9. The third-order valence-corrected chi connectivity index (χ3v) is 5.94. The van der Waals surface area contributed by atoms with E-state index in [1.165, 1.54) is 12.8 Å². The average molecular weight is 453 g/mol. The van der Waals surface area contributed by atoms with Gasteiger partial charge in [-0.25, -0.2) is 9.18 Å². The van der Waals surface area contributed by atoms with Crippen molar-refractivity contribution in [1.82, 2.24) is 4.90 Å². The van der Waals surface area contributed by atoms with Crippen LogP contribution in [0.2, 0.25) is 0 Å². The molecule has 0 unspecified atom stereocenters. The first kappa shape index (κ1) is 24.2. The third kappa shape index (κ3) is 6.30. The molecular formula is C25H29FN4O3. The highest BCUT2D eigenvalue weighted by atomic mass is 19.1. The number of hydrogen-bond acceptors (Lipinski definition) is 4. The predicted molar refractivity (Wildman–Crippen MR) is 124 cm³/mol. The molecule has 8 heteroatoms. The largest absolute Gasteiger partial charge is 0.381 e. The van der Waals surface area contributed by atoms with Crippen molar-refractivity contribution in [2.24, 2.45) is 5.73 Å². The van der Waals surface area contributed by atoms with E-state index in [2.05, 4.69) is 5.32 Å². The summed E-state index contributed by atoms with van der Waals surface area (Å²) in [7, 11) is 0. The molecule has 0 atom stereocenters. The van der Waals surface area contributed by atoms with E-state index in [1.54, 1.807) is 54.3 Å². The number of alkyl halides is 1. The molecule has 2 saturated heterocycles. The summed E-state index contributed by atoms with van der Waals surface area (Å²) in [6.07, 6.45) is 2.92. The van der Waals surface area contributed by atoms with Crippen LogP contribution in [0.1, 0.15) is 52.7 Å². The van der Waals surface area contributed by atoms with Crippen molar-refractivity contribution in [2.45, 2.75) is 38.3 Å². The van der Waals surface area contributed by atoms with E-state index in [1.807, 2.05) is 6.07 Å². The molecule has 2 aliphatic rings. The van der Waals surface area contributed by atoms with Crippen molar-refractivity contribution >= 4 is 17.6 Å². The van der Waals surface area contributed by atoms with Gasteiger partial charge in [-0.2, -0.15) is 5.26 Å². The van der Waals surface area contributed by atoms with Crippen molar-refractivity contribution in [1.29, 1.82) is 5.26 Å². The Morgan fingerprint density at radius 2 is 1.76 bits per heavy atom. The van der Waals surface area contributed by atoms with E-state index in [-0.39, 0.29) is 31.8 Å². The molecule has 3 amide bonds. The minimum atomic E-state index is -1.52. The van der Waals surface area contributed by atoms with Crippen molar-refractivity contribution in [3.63, 3.8) is 0 Å². The molecule has 0 radical (unpaired) electrons. The predicted octanol–water partition coefficient (Wildman–Crippen LogP) is 4.26. The number of nitrogens with one attached hydrogen (secondary N) is 1. The molecule has 174 valence electrons. The Morgan fingerprint density at radius 1 is 1.12 bits per heavy atom. The maximum absolute atomic E-state index is 15.4. The van der Waals surface area contributed by atoms with E-state index in [4.69, 9.17) is 15.7 Å². The molecule has 0 saturated carbocycles. The number of primary amides is 1. The summed E-state index contributed by atoms with van der Waals surface area (Å²) < 4.78 is 20.3. The second-order valence-corrected chi connectivity index (χ2v) is 8.29. The summed E-state index contributed by atoms with van der Waals surface area (Å²) in [6, 6.07) is 12.8. The molecule has 3 N–H and O–H groups in total. The first-order chi connectivity index (χ1) is 15.8. The molecule has 2 heterocycles.